The van der Waals surface area contributed by atoms with Crippen LogP contribution in [0.2, 0.25) is 0 Å². The van der Waals surface area contributed by atoms with Crippen LogP contribution >= 0.6 is 11.5 Å². The second-order valence-electron chi connectivity index (χ2n) is 4.82. The quantitative estimate of drug-likeness (QED) is 0.696. The molecule has 0 bridgehead atoms. The molecule has 0 radical (unpaired) electrons. The zero-order valence-electron chi connectivity index (χ0n) is 10.8. The Morgan fingerprint density at radius 2 is 1.94 bits per heavy atom. The summed E-state index contributed by atoms with van der Waals surface area (Å²) in [5.41, 5.74) is 0.846. The Balaban J connectivity index is 3.00. The van der Waals surface area contributed by atoms with Crippen LogP contribution in [-0.4, -0.2) is 4.37 Å². The van der Waals surface area contributed by atoms with Crippen LogP contribution in [0.15, 0.2) is 0 Å². The van der Waals surface area contributed by atoms with Gasteiger partial charge in [0.1, 0.15) is 0 Å². The largest absolute Gasteiger partial charge is 0.228 e. The molecule has 1 heterocycles. The first-order valence-electron chi connectivity index (χ1n) is 6.17. The summed E-state index contributed by atoms with van der Waals surface area (Å²) in [7, 11) is 0. The third-order valence-electron chi connectivity index (χ3n) is 3.31. The van der Waals surface area contributed by atoms with Crippen molar-refractivity contribution in [1.82, 2.24) is 4.37 Å². The van der Waals surface area contributed by atoms with Crippen LogP contribution in [0, 0.1) is 12.9 Å². The third kappa shape index (κ3) is 2.82. The van der Waals surface area contributed by atoms with Crippen molar-refractivity contribution >= 4 is 11.5 Å². The van der Waals surface area contributed by atoms with E-state index in [1.54, 1.807) is 0 Å². The molecule has 0 fully saturated rings. The molecule has 0 N–H and O–H groups in total. The highest BCUT2D eigenvalue weighted by molar-refractivity contribution is 7.05. The van der Waals surface area contributed by atoms with Crippen LogP contribution < -0.4 is 0 Å². The summed E-state index contributed by atoms with van der Waals surface area (Å²) in [5, 5.41) is 0. The summed E-state index contributed by atoms with van der Waals surface area (Å²) >= 11 is 1.29. The Morgan fingerprint density at radius 1 is 1.25 bits per heavy atom. The van der Waals surface area contributed by atoms with Crippen LogP contribution in [0.3, 0.4) is 0 Å². The van der Waals surface area contributed by atoms with E-state index in [1.807, 2.05) is 6.92 Å². The number of halogens is 1. The Morgan fingerprint density at radius 3 is 2.38 bits per heavy atom. The molecule has 1 rings (SSSR count). The number of aryl methyl sites for hydroxylation is 1. The fourth-order valence-corrected chi connectivity index (χ4v) is 3.24. The van der Waals surface area contributed by atoms with Gasteiger partial charge < -0.3 is 0 Å². The topological polar surface area (TPSA) is 12.9 Å². The fraction of sp³-hybridized carbons (Fsp3) is 0.769. The van der Waals surface area contributed by atoms with Gasteiger partial charge in [-0.25, -0.2) is 0 Å². The average Bonchev–Trinajstić information content (AvgIpc) is 2.56. The minimum Gasteiger partial charge on any atom is -0.184 e. The van der Waals surface area contributed by atoms with E-state index in [1.165, 1.54) is 11.5 Å². The lowest BCUT2D eigenvalue weighted by molar-refractivity contribution is 0.364. The van der Waals surface area contributed by atoms with Gasteiger partial charge in [0.15, 0.2) is 0 Å². The molecule has 0 saturated heterocycles. The molecule has 1 nitrogen and oxygen atoms in total. The number of hydrogen-bond donors (Lipinski definition) is 0. The Kier molecular flexibility index (Phi) is 4.90. The van der Waals surface area contributed by atoms with Crippen molar-refractivity contribution in [2.45, 2.75) is 65.2 Å². The molecule has 0 aliphatic carbocycles. The standard InChI is InChI=1S/C13H22FNS/c1-5-7-9-13(4,8-6-2)11-10(3)16-15-12(11)14/h5-9H2,1-4H3. The molecule has 1 aromatic heterocycles. The van der Waals surface area contributed by atoms with Gasteiger partial charge in [-0.1, -0.05) is 40.0 Å². The zero-order valence-corrected chi connectivity index (χ0v) is 11.6. The maximum Gasteiger partial charge on any atom is 0.228 e. The summed E-state index contributed by atoms with van der Waals surface area (Å²) in [4.78, 5) is 1.05. The molecular formula is C13H22FNS. The van der Waals surface area contributed by atoms with Crippen LogP contribution in [-0.2, 0) is 5.41 Å². The smallest absolute Gasteiger partial charge is 0.184 e. The average molecular weight is 243 g/mol. The lowest BCUT2D eigenvalue weighted by atomic mass is 9.75. The number of aromatic nitrogens is 1. The molecule has 1 atom stereocenters. The second-order valence-corrected chi connectivity index (χ2v) is 5.80. The first kappa shape index (κ1) is 13.6. The Labute approximate surface area is 102 Å². The molecule has 0 aliphatic heterocycles. The van der Waals surface area contributed by atoms with E-state index in [0.717, 1.165) is 42.5 Å². The predicted molar refractivity (Wildman–Crippen MR) is 68.6 cm³/mol. The number of rotatable bonds is 6. The van der Waals surface area contributed by atoms with E-state index < -0.39 is 0 Å². The Hall–Kier alpha value is -0.440. The van der Waals surface area contributed by atoms with E-state index in [2.05, 4.69) is 25.1 Å². The van der Waals surface area contributed by atoms with Crippen molar-refractivity contribution in [3.8, 4) is 0 Å². The summed E-state index contributed by atoms with van der Waals surface area (Å²) < 4.78 is 17.6. The summed E-state index contributed by atoms with van der Waals surface area (Å²) in [6.45, 7) is 8.51. The molecule has 92 valence electrons. The molecule has 0 saturated carbocycles. The monoisotopic (exact) mass is 243 g/mol. The normalized spacial score (nSPS) is 15.1. The molecule has 1 unspecified atom stereocenters. The highest BCUT2D eigenvalue weighted by Crippen LogP contribution is 2.38. The maximum absolute atomic E-state index is 13.8. The number of hydrogen-bond acceptors (Lipinski definition) is 2. The van der Waals surface area contributed by atoms with Crippen molar-refractivity contribution in [1.29, 1.82) is 0 Å². The molecule has 0 spiro atoms. The van der Waals surface area contributed by atoms with Gasteiger partial charge in [-0.05, 0) is 36.7 Å². The van der Waals surface area contributed by atoms with Crippen molar-refractivity contribution in [3.63, 3.8) is 0 Å². The van der Waals surface area contributed by atoms with Crippen molar-refractivity contribution in [2.24, 2.45) is 0 Å². The highest BCUT2D eigenvalue weighted by atomic mass is 32.1. The molecule has 0 aromatic carbocycles. The van der Waals surface area contributed by atoms with Gasteiger partial charge in [-0.3, -0.25) is 0 Å². The highest BCUT2D eigenvalue weighted by Gasteiger charge is 2.31. The van der Waals surface area contributed by atoms with Gasteiger partial charge in [0, 0.05) is 10.4 Å². The molecular weight excluding hydrogens is 221 g/mol. The van der Waals surface area contributed by atoms with Gasteiger partial charge in [0.25, 0.3) is 0 Å². The molecule has 16 heavy (non-hydrogen) atoms. The van der Waals surface area contributed by atoms with Gasteiger partial charge >= 0.3 is 0 Å². The Bertz CT molecular complexity index is 315. The molecule has 1 aromatic rings. The second kappa shape index (κ2) is 5.76. The number of unbranched alkanes of at least 4 members (excludes halogenated alkanes) is 1. The van der Waals surface area contributed by atoms with Crippen molar-refractivity contribution in [3.05, 3.63) is 16.4 Å². The van der Waals surface area contributed by atoms with Gasteiger partial charge in [0.2, 0.25) is 5.95 Å². The van der Waals surface area contributed by atoms with Crippen LogP contribution in [0.4, 0.5) is 4.39 Å². The van der Waals surface area contributed by atoms with E-state index in [4.69, 9.17) is 0 Å². The predicted octanol–water partition coefficient (Wildman–Crippen LogP) is 4.84. The van der Waals surface area contributed by atoms with Crippen molar-refractivity contribution in [2.75, 3.05) is 0 Å². The van der Waals surface area contributed by atoms with Crippen LogP contribution in [0.1, 0.15) is 63.3 Å². The van der Waals surface area contributed by atoms with Gasteiger partial charge in [-0.2, -0.15) is 8.76 Å². The van der Waals surface area contributed by atoms with E-state index in [0.29, 0.717) is 0 Å². The van der Waals surface area contributed by atoms with Crippen LogP contribution in [0.5, 0.6) is 0 Å². The maximum atomic E-state index is 13.8. The number of nitrogens with zero attached hydrogens (tertiary/aromatic N) is 1. The van der Waals surface area contributed by atoms with E-state index >= 15 is 0 Å². The first-order valence-corrected chi connectivity index (χ1v) is 6.94. The van der Waals surface area contributed by atoms with Crippen molar-refractivity contribution < 1.29 is 4.39 Å². The molecule has 0 amide bonds. The molecule has 3 heteroatoms. The van der Waals surface area contributed by atoms with Gasteiger partial charge in [0.05, 0.1) is 0 Å². The lowest BCUT2D eigenvalue weighted by Gasteiger charge is -2.29. The minimum atomic E-state index is -0.241. The fourth-order valence-electron chi connectivity index (χ4n) is 2.51. The molecule has 0 aliphatic rings. The SMILES string of the molecule is CCCCC(C)(CCC)c1c(F)nsc1C. The van der Waals surface area contributed by atoms with E-state index in [-0.39, 0.29) is 11.4 Å². The summed E-state index contributed by atoms with van der Waals surface area (Å²) in [6.07, 6.45) is 5.52. The summed E-state index contributed by atoms with van der Waals surface area (Å²) in [6, 6.07) is 0. The zero-order chi connectivity index (χ0) is 12.2. The van der Waals surface area contributed by atoms with Crippen LogP contribution in [0.25, 0.3) is 0 Å². The first-order chi connectivity index (χ1) is 7.55. The minimum absolute atomic E-state index is 0.0219. The lowest BCUT2D eigenvalue weighted by Crippen LogP contribution is -2.23. The summed E-state index contributed by atoms with van der Waals surface area (Å²) in [5.74, 6) is -0.241. The van der Waals surface area contributed by atoms with Gasteiger partial charge in [-0.15, -0.1) is 0 Å². The van der Waals surface area contributed by atoms with E-state index in [9.17, 15) is 4.39 Å². The third-order valence-corrected chi connectivity index (χ3v) is 4.04.